The Morgan fingerprint density at radius 3 is 1.17 bits per heavy atom. The molecule has 11 heteroatoms. The highest BCUT2D eigenvalue weighted by Crippen LogP contribution is 2.23. The standard InChI is InChI=1S/C75H139NO10/c1-3-5-7-9-11-13-15-38-41-45-49-53-57-61-68(78)67(66-85-75-74(83)73(82)72(81)69(65-77)86-75)76-70(79)62-58-54-50-46-42-39-36-34-32-30-28-26-24-22-20-18-17-19-21-23-25-27-29-31-33-35-37-40-44-48-52-56-60-64-84-71(80)63-59-55-51-47-43-16-14-12-10-8-6-4-2/h11,13,21,23,41,45,57,61,67-69,72-75,77-78,81-83H,3-10,12,14-20,22,24-40,42-44,46-56,58-60,62-66H2,1-2H3,(H,76,79)/b13-11+,23-21-,45-41+,61-57+. The Morgan fingerprint density at radius 2 is 0.756 bits per heavy atom. The molecule has 0 aromatic rings. The zero-order chi connectivity index (χ0) is 62.3. The second kappa shape index (κ2) is 64.2. The van der Waals surface area contributed by atoms with E-state index in [1.807, 2.05) is 6.08 Å². The van der Waals surface area contributed by atoms with Crippen molar-refractivity contribution in [3.05, 3.63) is 48.6 Å². The molecule has 1 saturated heterocycles. The van der Waals surface area contributed by atoms with Crippen LogP contribution in [0.2, 0.25) is 0 Å². The van der Waals surface area contributed by atoms with E-state index in [1.165, 1.54) is 263 Å². The van der Waals surface area contributed by atoms with Crippen molar-refractivity contribution in [1.82, 2.24) is 5.32 Å². The van der Waals surface area contributed by atoms with Crippen molar-refractivity contribution in [2.24, 2.45) is 0 Å². The predicted octanol–water partition coefficient (Wildman–Crippen LogP) is 19.1. The quantitative estimate of drug-likeness (QED) is 0.0195. The number of hydrogen-bond acceptors (Lipinski definition) is 10. The number of hydrogen-bond donors (Lipinski definition) is 6. The molecule has 1 aliphatic heterocycles. The summed E-state index contributed by atoms with van der Waals surface area (Å²) in [5, 5.41) is 54.5. The van der Waals surface area contributed by atoms with Gasteiger partial charge in [-0.2, -0.15) is 0 Å². The van der Waals surface area contributed by atoms with E-state index in [0.717, 1.165) is 64.2 Å². The van der Waals surface area contributed by atoms with Crippen LogP contribution >= 0.6 is 0 Å². The van der Waals surface area contributed by atoms with Crippen molar-refractivity contribution >= 4 is 11.9 Å². The normalized spacial score (nSPS) is 18.2. The highest BCUT2D eigenvalue weighted by atomic mass is 16.7. The minimum absolute atomic E-state index is 0.0119. The predicted molar refractivity (Wildman–Crippen MR) is 361 cm³/mol. The van der Waals surface area contributed by atoms with E-state index in [4.69, 9.17) is 14.2 Å². The summed E-state index contributed by atoms with van der Waals surface area (Å²) in [6, 6.07) is -0.833. The molecule has 6 N–H and O–H groups in total. The van der Waals surface area contributed by atoms with Crippen molar-refractivity contribution in [2.75, 3.05) is 19.8 Å². The summed E-state index contributed by atoms with van der Waals surface area (Å²) < 4.78 is 16.7. The first kappa shape index (κ1) is 81.6. The molecule has 504 valence electrons. The summed E-state index contributed by atoms with van der Waals surface area (Å²) in [5.41, 5.74) is 0. The fourth-order valence-corrected chi connectivity index (χ4v) is 11.6. The highest BCUT2D eigenvalue weighted by Gasteiger charge is 2.44. The Kier molecular flexibility index (Phi) is 60.9. The number of carbonyl (C=O) groups excluding carboxylic acids is 2. The first-order valence-electron chi connectivity index (χ1n) is 36.9. The summed E-state index contributed by atoms with van der Waals surface area (Å²) in [4.78, 5) is 25.1. The van der Waals surface area contributed by atoms with Crippen LogP contribution in [0.1, 0.15) is 354 Å². The number of allylic oxidation sites excluding steroid dienone is 7. The van der Waals surface area contributed by atoms with Gasteiger partial charge in [-0.15, -0.1) is 0 Å². The molecule has 0 saturated carbocycles. The average Bonchev–Trinajstić information content (AvgIpc) is 3.69. The molecule has 0 spiro atoms. The van der Waals surface area contributed by atoms with Gasteiger partial charge in [0.25, 0.3) is 0 Å². The molecule has 0 radical (unpaired) electrons. The zero-order valence-corrected chi connectivity index (χ0v) is 56.0. The van der Waals surface area contributed by atoms with Crippen LogP contribution in [0.3, 0.4) is 0 Å². The minimum atomic E-state index is -1.58. The van der Waals surface area contributed by atoms with Gasteiger partial charge in [-0.3, -0.25) is 9.59 Å². The van der Waals surface area contributed by atoms with Gasteiger partial charge in [-0.25, -0.2) is 0 Å². The molecular formula is C75H139NO10. The van der Waals surface area contributed by atoms with Crippen LogP contribution in [-0.2, 0) is 23.8 Å². The molecule has 0 bridgehead atoms. The van der Waals surface area contributed by atoms with Gasteiger partial charge in [0.15, 0.2) is 6.29 Å². The topological polar surface area (TPSA) is 175 Å². The van der Waals surface area contributed by atoms with Crippen LogP contribution in [-0.4, -0.2) is 100 Å². The van der Waals surface area contributed by atoms with Crippen LogP contribution in [0.25, 0.3) is 0 Å². The van der Waals surface area contributed by atoms with Gasteiger partial charge >= 0.3 is 5.97 Å². The lowest BCUT2D eigenvalue weighted by Crippen LogP contribution is -2.60. The van der Waals surface area contributed by atoms with Crippen LogP contribution in [0, 0.1) is 0 Å². The highest BCUT2D eigenvalue weighted by molar-refractivity contribution is 5.76. The summed E-state index contributed by atoms with van der Waals surface area (Å²) in [5.74, 6) is -0.181. The third-order valence-electron chi connectivity index (χ3n) is 17.4. The van der Waals surface area contributed by atoms with Crippen molar-refractivity contribution in [2.45, 2.75) is 397 Å². The summed E-state index contributed by atoms with van der Waals surface area (Å²) >= 11 is 0. The second-order valence-electron chi connectivity index (χ2n) is 25.6. The Balaban J connectivity index is 1.95. The molecule has 0 aromatic heterocycles. The van der Waals surface area contributed by atoms with Crippen molar-refractivity contribution < 1.29 is 49.3 Å². The van der Waals surface area contributed by atoms with Crippen LogP contribution in [0.15, 0.2) is 48.6 Å². The number of aliphatic hydroxyl groups is 5. The first-order valence-corrected chi connectivity index (χ1v) is 36.9. The SMILES string of the molecule is CCCCC/C=C/CC/C=C/CC/C=C/C(O)C(COC1OC(CO)C(O)C(O)C1O)NC(=O)CCCCCCCCCCCCCCCCCCC/C=C\CCCCCCCCCCCCCCOC(=O)CCCCCCCCCCCCCC. The number of unbranched alkanes of at least 4 members (excludes halogenated alkanes) is 45. The lowest BCUT2D eigenvalue weighted by molar-refractivity contribution is -0.302. The van der Waals surface area contributed by atoms with Gasteiger partial charge in [0, 0.05) is 12.8 Å². The molecule has 86 heavy (non-hydrogen) atoms. The van der Waals surface area contributed by atoms with E-state index < -0.39 is 49.5 Å². The fourth-order valence-electron chi connectivity index (χ4n) is 11.6. The minimum Gasteiger partial charge on any atom is -0.466 e. The Labute approximate surface area is 529 Å². The van der Waals surface area contributed by atoms with Crippen molar-refractivity contribution in [1.29, 1.82) is 0 Å². The molecule has 1 fully saturated rings. The summed E-state index contributed by atoms with van der Waals surface area (Å²) in [6.45, 7) is 4.32. The number of rotatable bonds is 65. The average molecular weight is 1210 g/mol. The van der Waals surface area contributed by atoms with Crippen LogP contribution in [0.4, 0.5) is 0 Å². The number of esters is 1. The first-order chi connectivity index (χ1) is 42.2. The Bertz CT molecular complexity index is 1570. The molecule has 1 aliphatic rings. The van der Waals surface area contributed by atoms with E-state index in [9.17, 15) is 35.1 Å². The molecule has 0 aromatic carbocycles. The van der Waals surface area contributed by atoms with Gasteiger partial charge in [-0.1, -0.05) is 306 Å². The monoisotopic (exact) mass is 1210 g/mol. The van der Waals surface area contributed by atoms with Gasteiger partial charge in [0.1, 0.15) is 24.4 Å². The summed E-state index contributed by atoms with van der Waals surface area (Å²) in [7, 11) is 0. The summed E-state index contributed by atoms with van der Waals surface area (Å²) in [6.07, 6.45) is 74.1. The zero-order valence-electron chi connectivity index (χ0n) is 56.0. The number of amides is 1. The molecule has 11 nitrogen and oxygen atoms in total. The number of aliphatic hydroxyl groups excluding tert-OH is 5. The largest absolute Gasteiger partial charge is 0.466 e. The van der Waals surface area contributed by atoms with E-state index in [0.29, 0.717) is 19.4 Å². The maximum absolute atomic E-state index is 13.1. The van der Waals surface area contributed by atoms with Gasteiger partial charge in [0.05, 0.1) is 32.0 Å². The van der Waals surface area contributed by atoms with Crippen LogP contribution in [0.5, 0.6) is 0 Å². The molecule has 7 unspecified atom stereocenters. The lowest BCUT2D eigenvalue weighted by Gasteiger charge is -2.40. The Hall–Kier alpha value is -2.38. The number of ether oxygens (including phenoxy) is 3. The second-order valence-corrected chi connectivity index (χ2v) is 25.6. The molecule has 1 amide bonds. The molecular weight excluding hydrogens is 1070 g/mol. The van der Waals surface area contributed by atoms with Gasteiger partial charge < -0.3 is 45.1 Å². The van der Waals surface area contributed by atoms with Crippen molar-refractivity contribution in [3.8, 4) is 0 Å². The third-order valence-corrected chi connectivity index (χ3v) is 17.4. The molecule has 1 heterocycles. The maximum atomic E-state index is 13.1. The molecule has 1 rings (SSSR count). The molecule has 0 aliphatic carbocycles. The number of carbonyl (C=O) groups is 2. The third kappa shape index (κ3) is 52.4. The van der Waals surface area contributed by atoms with E-state index in [1.54, 1.807) is 6.08 Å². The van der Waals surface area contributed by atoms with E-state index >= 15 is 0 Å². The lowest BCUT2D eigenvalue weighted by atomic mass is 9.99. The van der Waals surface area contributed by atoms with Gasteiger partial charge in [-0.05, 0) is 83.5 Å². The maximum Gasteiger partial charge on any atom is 0.305 e. The number of nitrogens with one attached hydrogen (secondary N) is 1. The fraction of sp³-hybridized carbons (Fsp3) is 0.867. The Morgan fingerprint density at radius 1 is 0.419 bits per heavy atom. The van der Waals surface area contributed by atoms with E-state index in [2.05, 4.69) is 55.6 Å². The smallest absolute Gasteiger partial charge is 0.305 e. The van der Waals surface area contributed by atoms with Gasteiger partial charge in [0.2, 0.25) is 5.91 Å². The molecule has 7 atom stereocenters. The van der Waals surface area contributed by atoms with Crippen LogP contribution < -0.4 is 5.32 Å². The van der Waals surface area contributed by atoms with E-state index in [-0.39, 0.29) is 18.5 Å². The van der Waals surface area contributed by atoms with Crippen molar-refractivity contribution in [3.63, 3.8) is 0 Å².